The van der Waals surface area contributed by atoms with Crippen LogP contribution in [0.2, 0.25) is 10.0 Å². The first-order valence-electron chi connectivity index (χ1n) is 5.61. The van der Waals surface area contributed by atoms with Crippen LogP contribution in [0.5, 0.6) is 0 Å². The fourth-order valence-corrected chi connectivity index (χ4v) is 3.87. The van der Waals surface area contributed by atoms with Gasteiger partial charge in [0.05, 0.1) is 5.02 Å². The number of hydrogen-bond donors (Lipinski definition) is 1. The number of halogens is 2. The maximum atomic E-state index is 10.4. The summed E-state index contributed by atoms with van der Waals surface area (Å²) in [4.78, 5) is 12.5. The Labute approximate surface area is 135 Å². The quantitative estimate of drug-likeness (QED) is 0.579. The Morgan fingerprint density at radius 1 is 1.35 bits per heavy atom. The summed E-state index contributed by atoms with van der Waals surface area (Å²) < 4.78 is 0. The van der Waals surface area contributed by atoms with Gasteiger partial charge in [0.2, 0.25) is 0 Å². The fourth-order valence-electron chi connectivity index (χ4n) is 1.46. The molecule has 20 heavy (non-hydrogen) atoms. The summed E-state index contributed by atoms with van der Waals surface area (Å²) in [5.74, 6) is -0.177. The molecule has 0 aliphatic carbocycles. The van der Waals surface area contributed by atoms with E-state index in [9.17, 15) is 4.79 Å². The van der Waals surface area contributed by atoms with Crippen LogP contribution >= 0.6 is 46.3 Å². The van der Waals surface area contributed by atoms with Crippen molar-refractivity contribution >= 4 is 58.3 Å². The van der Waals surface area contributed by atoms with Crippen molar-refractivity contribution in [3.05, 3.63) is 56.2 Å². The molecule has 104 valence electrons. The van der Waals surface area contributed by atoms with Gasteiger partial charge in [-0.05, 0) is 41.3 Å². The Kier molecular flexibility index (Phi) is 5.54. The van der Waals surface area contributed by atoms with E-state index in [0.29, 0.717) is 10.0 Å². The van der Waals surface area contributed by atoms with Gasteiger partial charge >= 0.3 is 5.97 Å². The predicted molar refractivity (Wildman–Crippen MR) is 87.0 cm³/mol. The van der Waals surface area contributed by atoms with Crippen molar-refractivity contribution in [1.29, 1.82) is 0 Å². The van der Waals surface area contributed by atoms with Crippen LogP contribution in [-0.2, 0) is 10.5 Å². The molecule has 6 heteroatoms. The van der Waals surface area contributed by atoms with Crippen LogP contribution in [0, 0.1) is 0 Å². The molecule has 0 saturated carbocycles. The van der Waals surface area contributed by atoms with Gasteiger partial charge in [-0.1, -0.05) is 23.2 Å². The van der Waals surface area contributed by atoms with Crippen LogP contribution in [0.3, 0.4) is 0 Å². The molecule has 1 N–H and O–H groups in total. The molecule has 0 saturated heterocycles. The van der Waals surface area contributed by atoms with E-state index in [0.717, 1.165) is 27.2 Å². The number of carboxylic acids is 1. The molecule has 0 spiro atoms. The molecule has 0 aliphatic rings. The van der Waals surface area contributed by atoms with Gasteiger partial charge in [-0.3, -0.25) is 0 Å². The van der Waals surface area contributed by atoms with Crippen LogP contribution in [0.25, 0.3) is 6.08 Å². The van der Waals surface area contributed by atoms with E-state index < -0.39 is 5.97 Å². The molecule has 2 aromatic rings. The number of hydrogen-bond acceptors (Lipinski definition) is 3. The zero-order chi connectivity index (χ0) is 14.5. The van der Waals surface area contributed by atoms with Gasteiger partial charge in [0, 0.05) is 26.6 Å². The Hall–Kier alpha value is -0.940. The average molecular weight is 345 g/mol. The lowest BCUT2D eigenvalue weighted by atomic mass is 10.3. The van der Waals surface area contributed by atoms with Crippen molar-refractivity contribution in [3.63, 3.8) is 0 Å². The minimum Gasteiger partial charge on any atom is -0.478 e. The number of thiophene rings is 1. The second-order valence-electron chi connectivity index (χ2n) is 3.88. The van der Waals surface area contributed by atoms with Crippen molar-refractivity contribution < 1.29 is 9.90 Å². The molecule has 0 unspecified atom stereocenters. The lowest BCUT2D eigenvalue weighted by Gasteiger charge is -2.03. The molecule has 0 fully saturated rings. The van der Waals surface area contributed by atoms with Crippen molar-refractivity contribution in [2.24, 2.45) is 0 Å². The van der Waals surface area contributed by atoms with E-state index in [2.05, 4.69) is 0 Å². The second-order valence-corrected chi connectivity index (χ2v) is 6.74. The van der Waals surface area contributed by atoms with Gasteiger partial charge < -0.3 is 5.11 Å². The van der Waals surface area contributed by atoms with E-state index in [-0.39, 0.29) is 0 Å². The summed E-state index contributed by atoms with van der Waals surface area (Å²) >= 11 is 15.2. The third-order valence-corrected chi connectivity index (χ3v) is 5.27. The molecule has 0 aliphatic heterocycles. The van der Waals surface area contributed by atoms with E-state index in [1.807, 2.05) is 17.5 Å². The highest BCUT2D eigenvalue weighted by molar-refractivity contribution is 7.98. The largest absolute Gasteiger partial charge is 0.478 e. The summed E-state index contributed by atoms with van der Waals surface area (Å²) in [5, 5.41) is 11.8. The van der Waals surface area contributed by atoms with E-state index in [1.54, 1.807) is 41.3 Å². The molecule has 2 rings (SSSR count). The molecule has 0 radical (unpaired) electrons. The first kappa shape index (κ1) is 15.4. The highest BCUT2D eigenvalue weighted by atomic mass is 35.5. The summed E-state index contributed by atoms with van der Waals surface area (Å²) in [6.45, 7) is 0. The first-order chi connectivity index (χ1) is 9.54. The predicted octanol–water partition coefficient (Wildman–Crippen LogP) is 5.45. The Bertz CT molecular complexity index is 650. The fraction of sp³-hybridized carbons (Fsp3) is 0.0714. The van der Waals surface area contributed by atoms with Gasteiger partial charge in [0.15, 0.2) is 0 Å². The maximum Gasteiger partial charge on any atom is 0.328 e. The smallest absolute Gasteiger partial charge is 0.328 e. The minimum atomic E-state index is -0.946. The molecular weight excluding hydrogens is 335 g/mol. The minimum absolute atomic E-state index is 0.660. The standard InChI is InChI=1S/C14H10Cl2O2S2/c15-10-2-3-12(16)13(6-10)20-8-11-5-9(7-19-11)1-4-14(17)18/h1-7H,8H2,(H,17,18). The van der Waals surface area contributed by atoms with Crippen molar-refractivity contribution in [3.8, 4) is 0 Å². The zero-order valence-corrected chi connectivity index (χ0v) is 13.3. The number of benzene rings is 1. The zero-order valence-electron chi connectivity index (χ0n) is 10.2. The molecule has 0 bridgehead atoms. The highest BCUT2D eigenvalue weighted by Gasteiger charge is 2.04. The molecular formula is C14H10Cl2O2S2. The highest BCUT2D eigenvalue weighted by Crippen LogP contribution is 2.33. The van der Waals surface area contributed by atoms with Crippen LogP contribution in [0.4, 0.5) is 0 Å². The number of aliphatic carboxylic acids is 1. The van der Waals surface area contributed by atoms with Gasteiger partial charge in [-0.15, -0.1) is 23.1 Å². The molecule has 1 aromatic carbocycles. The number of rotatable bonds is 5. The Balaban J connectivity index is 2.01. The van der Waals surface area contributed by atoms with Gasteiger partial charge in [0.1, 0.15) is 0 Å². The van der Waals surface area contributed by atoms with E-state index in [1.165, 1.54) is 0 Å². The van der Waals surface area contributed by atoms with Crippen molar-refractivity contribution in [2.45, 2.75) is 10.6 Å². The average Bonchev–Trinajstić information content (AvgIpc) is 2.85. The molecule has 0 atom stereocenters. The van der Waals surface area contributed by atoms with Crippen molar-refractivity contribution in [1.82, 2.24) is 0 Å². The molecule has 1 heterocycles. The van der Waals surface area contributed by atoms with Gasteiger partial charge in [-0.25, -0.2) is 4.79 Å². The lowest BCUT2D eigenvalue weighted by Crippen LogP contribution is -1.84. The molecule has 1 aromatic heterocycles. The molecule has 0 amide bonds. The third-order valence-electron chi connectivity index (χ3n) is 2.36. The van der Waals surface area contributed by atoms with Crippen molar-refractivity contribution in [2.75, 3.05) is 0 Å². The normalized spacial score (nSPS) is 11.1. The topological polar surface area (TPSA) is 37.3 Å². The van der Waals surface area contributed by atoms with Gasteiger partial charge in [0.25, 0.3) is 0 Å². The summed E-state index contributed by atoms with van der Waals surface area (Å²) in [6, 6.07) is 7.35. The Morgan fingerprint density at radius 2 is 2.15 bits per heavy atom. The van der Waals surface area contributed by atoms with Crippen LogP contribution in [0.15, 0.2) is 40.6 Å². The SMILES string of the molecule is O=C(O)C=Cc1csc(CSc2cc(Cl)ccc2Cl)c1. The second kappa shape index (κ2) is 7.18. The first-order valence-corrected chi connectivity index (χ1v) is 8.23. The number of carboxylic acid groups (broad SMARTS) is 1. The van der Waals surface area contributed by atoms with Gasteiger partial charge in [-0.2, -0.15) is 0 Å². The third kappa shape index (κ3) is 4.56. The Morgan fingerprint density at radius 3 is 2.90 bits per heavy atom. The lowest BCUT2D eigenvalue weighted by molar-refractivity contribution is -0.131. The monoisotopic (exact) mass is 344 g/mol. The van der Waals surface area contributed by atoms with Crippen LogP contribution in [0.1, 0.15) is 10.4 Å². The van der Waals surface area contributed by atoms with E-state index >= 15 is 0 Å². The van der Waals surface area contributed by atoms with Crippen LogP contribution < -0.4 is 0 Å². The summed E-state index contributed by atoms with van der Waals surface area (Å²) in [5.41, 5.74) is 0.894. The van der Waals surface area contributed by atoms with E-state index in [4.69, 9.17) is 28.3 Å². The molecule has 2 nitrogen and oxygen atoms in total. The summed E-state index contributed by atoms with van der Waals surface area (Å²) in [7, 11) is 0. The number of thioether (sulfide) groups is 1. The summed E-state index contributed by atoms with van der Waals surface area (Å²) in [6.07, 6.45) is 2.71. The van der Waals surface area contributed by atoms with Crippen LogP contribution in [-0.4, -0.2) is 11.1 Å². The number of carbonyl (C=O) groups is 1. The maximum absolute atomic E-state index is 10.4.